The minimum absolute atomic E-state index is 0.630. The van der Waals surface area contributed by atoms with Crippen molar-refractivity contribution in [2.45, 2.75) is 37.0 Å². The van der Waals surface area contributed by atoms with Crippen LogP contribution in [0.15, 0.2) is 18.3 Å². The molecule has 4 heteroatoms. The van der Waals surface area contributed by atoms with Crippen LogP contribution in [0.5, 0.6) is 0 Å². The van der Waals surface area contributed by atoms with E-state index in [0.29, 0.717) is 6.04 Å². The van der Waals surface area contributed by atoms with Gasteiger partial charge in [-0.3, -0.25) is 0 Å². The van der Waals surface area contributed by atoms with Crippen molar-refractivity contribution in [3.05, 3.63) is 18.3 Å². The maximum Gasteiger partial charge on any atom is 0.127 e. The molecule has 17 heavy (non-hydrogen) atoms. The Morgan fingerprint density at radius 3 is 2.71 bits per heavy atom. The lowest BCUT2D eigenvalue weighted by Crippen LogP contribution is -2.27. The van der Waals surface area contributed by atoms with E-state index < -0.39 is 0 Å². The summed E-state index contributed by atoms with van der Waals surface area (Å²) in [5.41, 5.74) is 1.18. The van der Waals surface area contributed by atoms with Crippen molar-refractivity contribution in [3.8, 4) is 0 Å². The number of hydrogen-bond acceptors (Lipinski definition) is 4. The normalized spacial score (nSPS) is 24.4. The smallest absolute Gasteiger partial charge is 0.127 e. The van der Waals surface area contributed by atoms with Gasteiger partial charge in [0.2, 0.25) is 0 Å². The van der Waals surface area contributed by atoms with Gasteiger partial charge in [0, 0.05) is 36.3 Å². The van der Waals surface area contributed by atoms with Crippen LogP contribution in [0.2, 0.25) is 0 Å². The Morgan fingerprint density at radius 1 is 1.29 bits per heavy atom. The highest BCUT2D eigenvalue weighted by Crippen LogP contribution is 2.28. The lowest BCUT2D eigenvalue weighted by Gasteiger charge is -2.28. The Balaban J connectivity index is 1.88. The maximum absolute atomic E-state index is 4.22. The Labute approximate surface area is 108 Å². The molecule has 0 aliphatic heterocycles. The summed E-state index contributed by atoms with van der Waals surface area (Å²) in [5, 5.41) is 7.55. The monoisotopic (exact) mass is 251 g/mol. The van der Waals surface area contributed by atoms with Gasteiger partial charge >= 0.3 is 0 Å². The fourth-order valence-electron chi connectivity index (χ4n) is 2.34. The van der Waals surface area contributed by atoms with Gasteiger partial charge in [0.15, 0.2) is 0 Å². The minimum atomic E-state index is 0.630. The first kappa shape index (κ1) is 12.6. The molecule has 2 N–H and O–H groups in total. The number of pyridine rings is 1. The van der Waals surface area contributed by atoms with Crippen molar-refractivity contribution >= 4 is 23.3 Å². The fourth-order valence-corrected chi connectivity index (χ4v) is 3.08. The van der Waals surface area contributed by atoms with Crippen LogP contribution in [0.25, 0.3) is 0 Å². The molecule has 3 nitrogen and oxygen atoms in total. The molecule has 0 spiro atoms. The van der Waals surface area contributed by atoms with Crippen molar-refractivity contribution in [3.63, 3.8) is 0 Å². The van der Waals surface area contributed by atoms with Crippen LogP contribution in [0.3, 0.4) is 0 Å². The van der Waals surface area contributed by atoms with Crippen molar-refractivity contribution in [1.29, 1.82) is 0 Å². The third-order valence-electron chi connectivity index (χ3n) is 3.39. The molecule has 1 fully saturated rings. The number of aromatic nitrogens is 1. The molecule has 0 aromatic carbocycles. The van der Waals surface area contributed by atoms with E-state index in [2.05, 4.69) is 27.9 Å². The predicted molar refractivity (Wildman–Crippen MR) is 77.0 cm³/mol. The average Bonchev–Trinajstić information content (AvgIpc) is 2.40. The fraction of sp³-hybridized carbons (Fsp3) is 0.615. The number of nitrogens with zero attached hydrogens (tertiary/aromatic N) is 1. The van der Waals surface area contributed by atoms with Crippen molar-refractivity contribution in [2.75, 3.05) is 23.9 Å². The van der Waals surface area contributed by atoms with Crippen LogP contribution < -0.4 is 10.6 Å². The number of anilines is 2. The molecule has 0 radical (unpaired) electrons. The lowest BCUT2D eigenvalue weighted by molar-refractivity contribution is 0.473. The second kappa shape index (κ2) is 6.15. The van der Waals surface area contributed by atoms with Gasteiger partial charge in [-0.2, -0.15) is 11.8 Å². The summed E-state index contributed by atoms with van der Waals surface area (Å²) in [6.45, 7) is 0. The average molecular weight is 251 g/mol. The molecule has 0 saturated heterocycles. The Hall–Kier alpha value is -0.900. The van der Waals surface area contributed by atoms with Gasteiger partial charge in [0.25, 0.3) is 0 Å². The SMILES string of the molecule is CNc1cc(NC2CCC(SC)CC2)ccn1. The van der Waals surface area contributed by atoms with Gasteiger partial charge in [-0.1, -0.05) is 0 Å². The molecule has 1 saturated carbocycles. The Bertz CT molecular complexity index is 348. The summed E-state index contributed by atoms with van der Waals surface area (Å²) in [7, 11) is 1.90. The molecule has 0 bridgehead atoms. The van der Waals surface area contributed by atoms with Gasteiger partial charge in [-0.05, 0) is 38.0 Å². The zero-order valence-electron chi connectivity index (χ0n) is 10.6. The summed E-state index contributed by atoms with van der Waals surface area (Å²) in [5.74, 6) is 0.924. The highest BCUT2D eigenvalue weighted by molar-refractivity contribution is 7.99. The van der Waals surface area contributed by atoms with E-state index in [-0.39, 0.29) is 0 Å². The molecule has 0 atom stereocenters. The summed E-state index contributed by atoms with van der Waals surface area (Å²) in [4.78, 5) is 4.22. The van der Waals surface area contributed by atoms with Gasteiger partial charge in [0.05, 0.1) is 0 Å². The lowest BCUT2D eigenvalue weighted by atomic mass is 9.95. The summed E-state index contributed by atoms with van der Waals surface area (Å²) < 4.78 is 0. The van der Waals surface area contributed by atoms with Crippen molar-refractivity contribution in [1.82, 2.24) is 4.98 Å². The number of nitrogens with one attached hydrogen (secondary N) is 2. The van der Waals surface area contributed by atoms with E-state index in [0.717, 1.165) is 11.1 Å². The second-order valence-electron chi connectivity index (χ2n) is 4.53. The molecule has 0 unspecified atom stereocenters. The first-order valence-corrected chi connectivity index (χ1v) is 7.53. The Morgan fingerprint density at radius 2 is 2.06 bits per heavy atom. The van der Waals surface area contributed by atoms with Crippen molar-refractivity contribution < 1.29 is 0 Å². The van der Waals surface area contributed by atoms with Crippen LogP contribution in [-0.2, 0) is 0 Å². The van der Waals surface area contributed by atoms with Crippen LogP contribution in [0.4, 0.5) is 11.5 Å². The zero-order valence-corrected chi connectivity index (χ0v) is 11.4. The third kappa shape index (κ3) is 3.53. The number of thioether (sulfide) groups is 1. The van der Waals surface area contributed by atoms with Crippen LogP contribution in [0.1, 0.15) is 25.7 Å². The van der Waals surface area contributed by atoms with Gasteiger partial charge in [-0.25, -0.2) is 4.98 Å². The molecule has 94 valence electrons. The predicted octanol–water partition coefficient (Wildman–Crippen LogP) is 3.21. The highest BCUT2D eigenvalue weighted by Gasteiger charge is 2.20. The standard InChI is InChI=1S/C13H21N3S/c1-14-13-9-11(7-8-15-13)16-10-3-5-12(17-2)6-4-10/h7-10,12H,3-6H2,1-2H3,(H2,14,15,16). The molecule has 1 aliphatic rings. The molecule has 1 aromatic rings. The van der Waals surface area contributed by atoms with Crippen LogP contribution in [-0.4, -0.2) is 29.6 Å². The molecular weight excluding hydrogens is 230 g/mol. The van der Waals surface area contributed by atoms with E-state index in [9.17, 15) is 0 Å². The number of hydrogen-bond donors (Lipinski definition) is 2. The molecule has 1 heterocycles. The minimum Gasteiger partial charge on any atom is -0.382 e. The quantitative estimate of drug-likeness (QED) is 0.861. The first-order chi connectivity index (χ1) is 8.31. The molecule has 1 aromatic heterocycles. The summed E-state index contributed by atoms with van der Waals surface area (Å²) in [6.07, 6.45) is 9.30. The zero-order chi connectivity index (χ0) is 12.1. The summed E-state index contributed by atoms with van der Waals surface area (Å²) in [6, 6.07) is 4.74. The van der Waals surface area contributed by atoms with Crippen molar-refractivity contribution in [2.24, 2.45) is 0 Å². The molecule has 0 amide bonds. The summed E-state index contributed by atoms with van der Waals surface area (Å²) >= 11 is 2.01. The Kier molecular flexibility index (Phi) is 4.54. The second-order valence-corrected chi connectivity index (χ2v) is 5.67. The maximum atomic E-state index is 4.22. The van der Waals surface area contributed by atoms with Gasteiger partial charge in [0.1, 0.15) is 5.82 Å². The van der Waals surface area contributed by atoms with Gasteiger partial charge < -0.3 is 10.6 Å². The van der Waals surface area contributed by atoms with E-state index >= 15 is 0 Å². The molecular formula is C13H21N3S. The third-order valence-corrected chi connectivity index (χ3v) is 4.53. The van der Waals surface area contributed by atoms with Crippen LogP contribution >= 0.6 is 11.8 Å². The van der Waals surface area contributed by atoms with E-state index in [4.69, 9.17) is 0 Å². The largest absolute Gasteiger partial charge is 0.382 e. The first-order valence-electron chi connectivity index (χ1n) is 6.25. The van der Waals surface area contributed by atoms with E-state index in [1.807, 2.05) is 31.1 Å². The van der Waals surface area contributed by atoms with E-state index in [1.54, 1.807) is 0 Å². The molecule has 1 aliphatic carbocycles. The van der Waals surface area contributed by atoms with E-state index in [1.165, 1.54) is 31.4 Å². The topological polar surface area (TPSA) is 37.0 Å². The molecule has 2 rings (SSSR count). The highest BCUT2D eigenvalue weighted by atomic mass is 32.2. The van der Waals surface area contributed by atoms with Gasteiger partial charge in [-0.15, -0.1) is 0 Å². The van der Waals surface area contributed by atoms with Crippen LogP contribution in [0, 0.1) is 0 Å². The number of rotatable bonds is 4.